The molecule has 1 aromatic carbocycles. The van der Waals surface area contributed by atoms with Crippen molar-refractivity contribution in [3.63, 3.8) is 0 Å². The Labute approximate surface area is 255 Å². The monoisotopic (exact) mass is 582 g/mol. The van der Waals surface area contributed by atoms with Crippen LogP contribution in [0.4, 0.5) is 0 Å². The highest BCUT2D eigenvalue weighted by Gasteiger charge is 2.62. The third-order valence-corrected chi connectivity index (χ3v) is 12.8. The zero-order valence-corrected chi connectivity index (χ0v) is 27.1. The summed E-state index contributed by atoms with van der Waals surface area (Å²) in [7, 11) is 2.05. The molecule has 0 N–H and O–H groups in total. The number of hydrogen-bond donors (Lipinski definition) is 0. The Morgan fingerprint density at radius 1 is 0.902 bits per heavy atom. The van der Waals surface area contributed by atoms with E-state index in [4.69, 9.17) is 11.6 Å². The van der Waals surface area contributed by atoms with E-state index in [9.17, 15) is 9.59 Å². The third-order valence-electron chi connectivity index (χ3n) is 12.5. The number of unbranched alkanes of at least 4 members (excludes halogenated alkanes) is 7. The van der Waals surface area contributed by atoms with Crippen molar-refractivity contribution in [3.05, 3.63) is 34.9 Å². The predicted molar refractivity (Wildman–Crippen MR) is 169 cm³/mol. The van der Waals surface area contributed by atoms with Crippen LogP contribution in [0.3, 0.4) is 0 Å². The number of rotatable bonds is 11. The van der Waals surface area contributed by atoms with E-state index in [0.717, 1.165) is 32.2 Å². The summed E-state index contributed by atoms with van der Waals surface area (Å²) in [6.45, 7) is 8.14. The molecule has 0 aromatic heterocycles. The fraction of sp³-hybridized carbons (Fsp3) is 0.778. The Bertz CT molecular complexity index is 1080. The molecule has 1 saturated heterocycles. The highest BCUT2D eigenvalue weighted by atomic mass is 35.5. The number of carbonyl (C=O) groups is 2. The second kappa shape index (κ2) is 13.0. The number of halogens is 1. The minimum Gasteiger partial charge on any atom is -0.342 e. The SMILES string of the molecule is CCCCCCCCCCN(C(=O)c1ccccc1Cl)[C@H]1CC[C@H]2[C@@H]3CC[C@H]4N(C)C(=O)CC[C@]4(C)[C@H]3CC[C@]12C. The molecule has 41 heavy (non-hydrogen) atoms. The van der Waals surface area contributed by atoms with Gasteiger partial charge in [0, 0.05) is 32.1 Å². The lowest BCUT2D eigenvalue weighted by atomic mass is 9.47. The van der Waals surface area contributed by atoms with Crippen molar-refractivity contribution in [3.8, 4) is 0 Å². The number of hydrogen-bond acceptors (Lipinski definition) is 2. The van der Waals surface area contributed by atoms with Crippen LogP contribution >= 0.6 is 11.6 Å². The van der Waals surface area contributed by atoms with Crippen molar-refractivity contribution >= 4 is 23.4 Å². The third kappa shape index (κ3) is 5.85. The zero-order valence-electron chi connectivity index (χ0n) is 26.3. The summed E-state index contributed by atoms with van der Waals surface area (Å²) in [4.78, 5) is 31.1. The number of likely N-dealkylation sites (tertiary alicyclic amines) is 1. The molecule has 3 saturated carbocycles. The second-order valence-electron chi connectivity index (χ2n) is 14.6. The largest absolute Gasteiger partial charge is 0.342 e. The van der Waals surface area contributed by atoms with E-state index in [0.29, 0.717) is 46.7 Å². The first-order valence-corrected chi connectivity index (χ1v) is 17.4. The van der Waals surface area contributed by atoms with E-state index in [-0.39, 0.29) is 22.8 Å². The number of nitrogens with zero attached hydrogens (tertiary/aromatic N) is 2. The molecule has 5 heteroatoms. The van der Waals surface area contributed by atoms with Gasteiger partial charge in [0.2, 0.25) is 5.91 Å². The van der Waals surface area contributed by atoms with Crippen LogP contribution < -0.4 is 0 Å². The van der Waals surface area contributed by atoms with Crippen LogP contribution in [0.25, 0.3) is 0 Å². The van der Waals surface area contributed by atoms with Gasteiger partial charge in [-0.25, -0.2) is 0 Å². The van der Waals surface area contributed by atoms with Gasteiger partial charge >= 0.3 is 0 Å². The van der Waals surface area contributed by atoms with Gasteiger partial charge in [-0.1, -0.05) is 89.5 Å². The van der Waals surface area contributed by atoms with Gasteiger partial charge in [-0.05, 0) is 92.1 Å². The fourth-order valence-corrected chi connectivity index (χ4v) is 10.5. The highest BCUT2D eigenvalue weighted by Crippen LogP contribution is 2.65. The average molecular weight is 583 g/mol. The fourth-order valence-electron chi connectivity index (χ4n) is 10.2. The van der Waals surface area contributed by atoms with Crippen LogP contribution in [0.5, 0.6) is 0 Å². The lowest BCUT2D eigenvalue weighted by Gasteiger charge is -2.62. The molecule has 5 rings (SSSR count). The van der Waals surface area contributed by atoms with E-state index < -0.39 is 0 Å². The summed E-state index contributed by atoms with van der Waals surface area (Å²) in [6, 6.07) is 8.32. The molecule has 0 bridgehead atoms. The van der Waals surface area contributed by atoms with Gasteiger partial charge in [-0.2, -0.15) is 0 Å². The van der Waals surface area contributed by atoms with E-state index in [1.165, 1.54) is 70.6 Å². The maximum Gasteiger partial charge on any atom is 0.255 e. The maximum absolute atomic E-state index is 14.2. The first-order chi connectivity index (χ1) is 19.7. The summed E-state index contributed by atoms with van der Waals surface area (Å²) in [5, 5.41) is 0.573. The molecular formula is C36H55ClN2O2. The normalized spacial score (nSPS) is 34.6. The van der Waals surface area contributed by atoms with Gasteiger partial charge in [0.05, 0.1) is 10.6 Å². The van der Waals surface area contributed by atoms with Crippen LogP contribution in [0.15, 0.2) is 24.3 Å². The minimum absolute atomic E-state index is 0.135. The quantitative estimate of drug-likeness (QED) is 0.244. The van der Waals surface area contributed by atoms with Crippen LogP contribution in [-0.4, -0.2) is 47.3 Å². The Kier molecular flexibility index (Phi) is 9.78. The molecule has 1 aliphatic heterocycles. The predicted octanol–water partition coefficient (Wildman–Crippen LogP) is 9.15. The molecule has 0 spiro atoms. The van der Waals surface area contributed by atoms with Gasteiger partial charge < -0.3 is 9.80 Å². The van der Waals surface area contributed by atoms with Gasteiger partial charge in [0.15, 0.2) is 0 Å². The van der Waals surface area contributed by atoms with Gasteiger partial charge in [-0.15, -0.1) is 0 Å². The van der Waals surface area contributed by atoms with Crippen LogP contribution in [0, 0.1) is 28.6 Å². The number of benzene rings is 1. The zero-order chi connectivity index (χ0) is 29.2. The molecule has 0 unspecified atom stereocenters. The molecule has 1 aromatic rings. The number of amides is 2. The maximum atomic E-state index is 14.2. The first kappa shape index (κ1) is 30.9. The molecule has 4 aliphatic rings. The smallest absolute Gasteiger partial charge is 0.255 e. The average Bonchev–Trinajstić information content (AvgIpc) is 3.31. The van der Waals surface area contributed by atoms with E-state index >= 15 is 0 Å². The van der Waals surface area contributed by atoms with Crippen LogP contribution in [0.1, 0.15) is 134 Å². The van der Waals surface area contributed by atoms with Crippen molar-refractivity contribution in [2.45, 2.75) is 136 Å². The van der Waals surface area contributed by atoms with E-state index in [1.54, 1.807) is 0 Å². The Morgan fingerprint density at radius 3 is 2.32 bits per heavy atom. The molecule has 1 heterocycles. The van der Waals surface area contributed by atoms with Crippen LogP contribution in [-0.2, 0) is 4.79 Å². The number of piperidine rings is 1. The molecule has 4 fully saturated rings. The molecule has 228 valence electrons. The van der Waals surface area contributed by atoms with E-state index in [2.05, 4.69) is 30.6 Å². The van der Waals surface area contributed by atoms with Crippen molar-refractivity contribution in [1.82, 2.24) is 9.80 Å². The lowest BCUT2D eigenvalue weighted by molar-refractivity contribution is -0.158. The topological polar surface area (TPSA) is 40.6 Å². The summed E-state index contributed by atoms with van der Waals surface area (Å²) in [5.74, 6) is 2.53. The Hall–Kier alpha value is -1.55. The highest BCUT2D eigenvalue weighted by molar-refractivity contribution is 6.33. The lowest BCUT2D eigenvalue weighted by Crippen LogP contribution is -2.62. The molecule has 7 atom stereocenters. The molecule has 0 radical (unpaired) electrons. The second-order valence-corrected chi connectivity index (χ2v) is 15.0. The van der Waals surface area contributed by atoms with Crippen molar-refractivity contribution in [2.75, 3.05) is 13.6 Å². The molecule has 2 amide bonds. The summed E-state index contributed by atoms with van der Waals surface area (Å²) >= 11 is 6.60. The molecule has 3 aliphatic carbocycles. The van der Waals surface area contributed by atoms with Gasteiger partial charge in [0.1, 0.15) is 0 Å². The number of fused-ring (bicyclic) bond motifs is 5. The Morgan fingerprint density at radius 2 is 1.59 bits per heavy atom. The van der Waals surface area contributed by atoms with Crippen molar-refractivity contribution in [1.29, 1.82) is 0 Å². The standard InChI is InChI=1S/C36H55ClN2O2/c1-5-6-7-8-9-10-11-14-25-39(34(41)27-15-12-13-16-30(27)37)32-20-18-28-26-17-19-31-35(2,24-22-33(40)38(31)4)29(26)21-23-36(28,32)3/h12-13,15-16,26,28-29,31-32H,5-11,14,17-25H2,1-4H3/t26-,28-,29-,31+,32-,35+,36-/m0/s1. The van der Waals surface area contributed by atoms with Gasteiger partial charge in [-0.3, -0.25) is 9.59 Å². The van der Waals surface area contributed by atoms with Crippen LogP contribution in [0.2, 0.25) is 5.02 Å². The first-order valence-electron chi connectivity index (χ1n) is 17.0. The molecular weight excluding hydrogens is 528 g/mol. The van der Waals surface area contributed by atoms with E-state index in [1.807, 2.05) is 31.3 Å². The van der Waals surface area contributed by atoms with Crippen molar-refractivity contribution < 1.29 is 9.59 Å². The summed E-state index contributed by atoms with van der Waals surface area (Å²) < 4.78 is 0. The summed E-state index contributed by atoms with van der Waals surface area (Å²) in [5.41, 5.74) is 1.05. The van der Waals surface area contributed by atoms with Crippen molar-refractivity contribution in [2.24, 2.45) is 28.6 Å². The minimum atomic E-state index is 0.135. The number of carbonyl (C=O) groups excluding carboxylic acids is 2. The van der Waals surface area contributed by atoms with Gasteiger partial charge in [0.25, 0.3) is 5.91 Å². The summed E-state index contributed by atoms with van der Waals surface area (Å²) in [6.07, 6.45) is 19.0. The molecule has 4 nitrogen and oxygen atoms in total. The Balaban J connectivity index is 1.32.